The Labute approximate surface area is 220 Å². The van der Waals surface area contributed by atoms with Gasteiger partial charge in [-0.15, -0.1) is 0 Å². The van der Waals surface area contributed by atoms with Crippen LogP contribution in [0.3, 0.4) is 0 Å². The van der Waals surface area contributed by atoms with Crippen molar-refractivity contribution in [3.8, 4) is 0 Å². The van der Waals surface area contributed by atoms with Gasteiger partial charge >= 0.3 is 12.2 Å². The van der Waals surface area contributed by atoms with Gasteiger partial charge in [-0.25, -0.2) is 4.79 Å². The Kier molecular flexibility index (Phi) is 8.55. The van der Waals surface area contributed by atoms with Crippen molar-refractivity contribution in [1.82, 2.24) is 5.32 Å². The van der Waals surface area contributed by atoms with Gasteiger partial charge in [0.25, 0.3) is 5.91 Å². The molecule has 1 aliphatic heterocycles. The molecule has 0 aliphatic carbocycles. The molecule has 0 unspecified atom stereocenters. The lowest BCUT2D eigenvalue weighted by atomic mass is 9.97. The van der Waals surface area contributed by atoms with E-state index < -0.39 is 17.8 Å². The summed E-state index contributed by atoms with van der Waals surface area (Å²) in [5, 5.41) is 8.04. The molecule has 1 aliphatic rings. The smallest absolute Gasteiger partial charge is 0.371 e. The van der Waals surface area contributed by atoms with E-state index in [1.807, 2.05) is 36.4 Å². The van der Waals surface area contributed by atoms with Crippen molar-refractivity contribution in [3.05, 3.63) is 89.5 Å². The number of carbonyl (C=O) groups excluding carboxylic acids is 2. The second-order valence-corrected chi connectivity index (χ2v) is 9.55. The van der Waals surface area contributed by atoms with E-state index in [0.29, 0.717) is 30.1 Å². The van der Waals surface area contributed by atoms with Crippen molar-refractivity contribution in [2.75, 3.05) is 35.2 Å². The van der Waals surface area contributed by atoms with Crippen molar-refractivity contribution < 1.29 is 22.8 Å². The summed E-state index contributed by atoms with van der Waals surface area (Å²) in [5.41, 5.74) is 1.85. The number of amides is 3. The van der Waals surface area contributed by atoms with Gasteiger partial charge < -0.3 is 20.9 Å². The molecule has 38 heavy (non-hydrogen) atoms. The van der Waals surface area contributed by atoms with Gasteiger partial charge in [0, 0.05) is 36.7 Å². The summed E-state index contributed by atoms with van der Waals surface area (Å²) < 4.78 is 39.0. The minimum absolute atomic E-state index is 0.00950. The zero-order chi connectivity index (χ0) is 27.1. The van der Waals surface area contributed by atoms with E-state index in [1.54, 1.807) is 12.1 Å². The van der Waals surface area contributed by atoms with E-state index >= 15 is 0 Å². The molecule has 3 aromatic carbocycles. The summed E-state index contributed by atoms with van der Waals surface area (Å²) in [5.74, 6) is 0.367. The van der Waals surface area contributed by atoms with Crippen molar-refractivity contribution in [1.29, 1.82) is 0 Å². The van der Waals surface area contributed by atoms with Crippen LogP contribution in [0.25, 0.3) is 0 Å². The standard InChI is InChI=1S/C29H31F3N4O2/c1-20-13-16-36(17-14-20)26-11-10-24(19-25(26)27(37)33-15-12-21-6-3-2-4-7-21)35-28(38)34-23-9-5-8-22(18-23)29(30,31)32/h2-11,18-20H,12-17H2,1H3,(H,33,37)(H2,34,35,38). The first-order valence-corrected chi connectivity index (χ1v) is 12.7. The normalized spacial score (nSPS) is 14.2. The van der Waals surface area contributed by atoms with Gasteiger partial charge in [-0.3, -0.25) is 4.79 Å². The molecule has 0 aromatic heterocycles. The van der Waals surface area contributed by atoms with Gasteiger partial charge in [-0.2, -0.15) is 13.2 Å². The number of nitrogens with one attached hydrogen (secondary N) is 3. The number of carbonyl (C=O) groups is 2. The SMILES string of the molecule is CC1CCN(c2ccc(NC(=O)Nc3cccc(C(F)(F)F)c3)cc2C(=O)NCCc2ccccc2)CC1. The maximum Gasteiger partial charge on any atom is 0.416 e. The number of rotatable bonds is 7. The van der Waals surface area contributed by atoms with Crippen LogP contribution in [0.4, 0.5) is 35.0 Å². The fourth-order valence-corrected chi connectivity index (χ4v) is 4.45. The van der Waals surface area contributed by atoms with Crippen LogP contribution < -0.4 is 20.9 Å². The average molecular weight is 525 g/mol. The van der Waals surface area contributed by atoms with Crippen molar-refractivity contribution in [2.45, 2.75) is 32.4 Å². The molecular weight excluding hydrogens is 493 g/mol. The Balaban J connectivity index is 1.48. The van der Waals surface area contributed by atoms with Crippen LogP contribution in [-0.2, 0) is 12.6 Å². The van der Waals surface area contributed by atoms with Gasteiger partial charge in [-0.05, 0) is 67.1 Å². The minimum Gasteiger partial charge on any atom is -0.371 e. The molecule has 0 saturated carbocycles. The van der Waals surface area contributed by atoms with Gasteiger partial charge in [0.15, 0.2) is 0 Å². The Morgan fingerprint density at radius 3 is 2.26 bits per heavy atom. The van der Waals surface area contributed by atoms with E-state index in [1.165, 1.54) is 12.1 Å². The van der Waals surface area contributed by atoms with E-state index in [0.717, 1.165) is 49.3 Å². The van der Waals surface area contributed by atoms with Crippen LogP contribution in [0.2, 0.25) is 0 Å². The largest absolute Gasteiger partial charge is 0.416 e. The number of hydrogen-bond acceptors (Lipinski definition) is 3. The van der Waals surface area contributed by atoms with E-state index in [2.05, 4.69) is 27.8 Å². The monoisotopic (exact) mass is 524 g/mol. The van der Waals surface area contributed by atoms with Gasteiger partial charge in [0.05, 0.1) is 11.1 Å². The first-order valence-electron chi connectivity index (χ1n) is 12.7. The lowest BCUT2D eigenvalue weighted by molar-refractivity contribution is -0.137. The van der Waals surface area contributed by atoms with Crippen LogP contribution in [0, 0.1) is 5.92 Å². The summed E-state index contributed by atoms with van der Waals surface area (Å²) in [6, 6.07) is 18.6. The number of alkyl halides is 3. The minimum atomic E-state index is -4.51. The first-order chi connectivity index (χ1) is 18.2. The third kappa shape index (κ3) is 7.27. The Bertz CT molecular complexity index is 1260. The average Bonchev–Trinajstić information content (AvgIpc) is 2.89. The second-order valence-electron chi connectivity index (χ2n) is 9.55. The summed E-state index contributed by atoms with van der Waals surface area (Å²) in [7, 11) is 0. The molecule has 4 rings (SSSR count). The zero-order valence-electron chi connectivity index (χ0n) is 21.1. The number of halogens is 3. The molecule has 1 saturated heterocycles. The van der Waals surface area contributed by atoms with Crippen LogP contribution >= 0.6 is 0 Å². The molecule has 1 heterocycles. The first kappa shape index (κ1) is 27.0. The molecule has 3 amide bonds. The molecule has 3 aromatic rings. The topological polar surface area (TPSA) is 73.5 Å². The molecule has 1 fully saturated rings. The van der Waals surface area contributed by atoms with Crippen LogP contribution in [0.15, 0.2) is 72.8 Å². The highest BCUT2D eigenvalue weighted by Gasteiger charge is 2.30. The van der Waals surface area contributed by atoms with E-state index in [-0.39, 0.29) is 11.6 Å². The lowest BCUT2D eigenvalue weighted by Crippen LogP contribution is -2.35. The predicted molar refractivity (Wildman–Crippen MR) is 144 cm³/mol. The predicted octanol–water partition coefficient (Wildman–Crippen LogP) is 6.56. The third-order valence-corrected chi connectivity index (χ3v) is 6.61. The second kappa shape index (κ2) is 12.0. The Morgan fingerprint density at radius 1 is 0.895 bits per heavy atom. The fraction of sp³-hybridized carbons (Fsp3) is 0.310. The van der Waals surface area contributed by atoms with Gasteiger partial charge in [0.2, 0.25) is 0 Å². The Hall–Kier alpha value is -4.01. The van der Waals surface area contributed by atoms with Gasteiger partial charge in [-0.1, -0.05) is 43.3 Å². The summed E-state index contributed by atoms with van der Waals surface area (Å²) in [6.07, 6.45) is -1.79. The number of piperidine rings is 1. The maximum absolute atomic E-state index is 13.3. The molecule has 200 valence electrons. The number of urea groups is 1. The number of benzene rings is 3. The molecule has 3 N–H and O–H groups in total. The summed E-state index contributed by atoms with van der Waals surface area (Å²) in [6.45, 7) is 4.32. The van der Waals surface area contributed by atoms with E-state index in [9.17, 15) is 22.8 Å². The van der Waals surface area contributed by atoms with Crippen molar-refractivity contribution in [2.24, 2.45) is 5.92 Å². The maximum atomic E-state index is 13.3. The molecule has 0 bridgehead atoms. The number of hydrogen-bond donors (Lipinski definition) is 3. The highest BCUT2D eigenvalue weighted by atomic mass is 19.4. The highest BCUT2D eigenvalue weighted by molar-refractivity contribution is 6.04. The molecule has 0 spiro atoms. The quantitative estimate of drug-likeness (QED) is 0.328. The van der Waals surface area contributed by atoms with Crippen LogP contribution in [0.1, 0.15) is 41.3 Å². The lowest BCUT2D eigenvalue weighted by Gasteiger charge is -2.33. The summed E-state index contributed by atoms with van der Waals surface area (Å²) >= 11 is 0. The third-order valence-electron chi connectivity index (χ3n) is 6.61. The number of anilines is 3. The molecular formula is C29H31F3N4O2. The molecule has 9 heteroatoms. The van der Waals surface area contributed by atoms with Crippen LogP contribution in [0.5, 0.6) is 0 Å². The van der Waals surface area contributed by atoms with E-state index in [4.69, 9.17) is 0 Å². The van der Waals surface area contributed by atoms with Crippen molar-refractivity contribution in [3.63, 3.8) is 0 Å². The molecule has 0 radical (unpaired) electrons. The highest BCUT2D eigenvalue weighted by Crippen LogP contribution is 2.31. The van der Waals surface area contributed by atoms with Crippen molar-refractivity contribution >= 4 is 29.0 Å². The zero-order valence-corrected chi connectivity index (χ0v) is 21.1. The van der Waals surface area contributed by atoms with Gasteiger partial charge in [0.1, 0.15) is 0 Å². The molecule has 0 atom stereocenters. The fourth-order valence-electron chi connectivity index (χ4n) is 4.45. The summed E-state index contributed by atoms with van der Waals surface area (Å²) in [4.78, 5) is 28.0. The Morgan fingerprint density at radius 2 is 1.58 bits per heavy atom. The van der Waals surface area contributed by atoms with Crippen LogP contribution in [-0.4, -0.2) is 31.6 Å². The molecule has 6 nitrogen and oxygen atoms in total. The number of nitrogens with zero attached hydrogens (tertiary/aromatic N) is 1.